The van der Waals surface area contributed by atoms with Crippen molar-refractivity contribution in [3.05, 3.63) is 10.6 Å². The maximum absolute atomic E-state index is 12.5. The fraction of sp³-hybridized carbons (Fsp3) is 0.647. The number of esters is 1. The lowest BCUT2D eigenvalue weighted by Crippen LogP contribution is -2.37. The number of nitrogens with one attached hydrogen (secondary N) is 1. The normalized spacial score (nSPS) is 24.8. The number of urea groups is 1. The van der Waals surface area contributed by atoms with Crippen LogP contribution >= 0.6 is 11.3 Å². The summed E-state index contributed by atoms with van der Waals surface area (Å²) in [4.78, 5) is 42.9. The Hall–Kier alpha value is -2.16. The van der Waals surface area contributed by atoms with Gasteiger partial charge in [-0.25, -0.2) is 9.78 Å². The van der Waals surface area contributed by atoms with Gasteiger partial charge in [0.1, 0.15) is 5.92 Å². The first-order chi connectivity index (χ1) is 12.3. The number of aliphatic carboxylic acids is 1. The van der Waals surface area contributed by atoms with Gasteiger partial charge in [0.05, 0.1) is 17.7 Å². The van der Waals surface area contributed by atoms with E-state index in [0.717, 1.165) is 17.7 Å². The molecule has 3 rings (SSSR count). The predicted octanol–water partition coefficient (Wildman–Crippen LogP) is 2.45. The van der Waals surface area contributed by atoms with Crippen LogP contribution in [0.3, 0.4) is 0 Å². The summed E-state index contributed by atoms with van der Waals surface area (Å²) in [5, 5.41) is 12.5. The Bertz CT molecular complexity index is 734. The lowest BCUT2D eigenvalue weighted by molar-refractivity contribution is -0.147. The summed E-state index contributed by atoms with van der Waals surface area (Å²) in [6.07, 6.45) is 2.84. The van der Waals surface area contributed by atoms with Crippen LogP contribution in [0.5, 0.6) is 0 Å². The lowest BCUT2D eigenvalue weighted by Gasteiger charge is -2.20. The number of rotatable bonds is 4. The van der Waals surface area contributed by atoms with Crippen LogP contribution in [0.15, 0.2) is 0 Å². The number of carbonyl (C=O) groups excluding carboxylic acids is 2. The van der Waals surface area contributed by atoms with E-state index < -0.39 is 11.4 Å². The van der Waals surface area contributed by atoms with Gasteiger partial charge in [0.25, 0.3) is 0 Å². The van der Waals surface area contributed by atoms with Crippen molar-refractivity contribution in [1.29, 1.82) is 0 Å². The van der Waals surface area contributed by atoms with Crippen LogP contribution in [0.4, 0.5) is 9.93 Å². The molecular formula is C17H23N3O5S. The van der Waals surface area contributed by atoms with E-state index in [0.29, 0.717) is 36.8 Å². The van der Waals surface area contributed by atoms with Crippen molar-refractivity contribution < 1.29 is 24.2 Å². The van der Waals surface area contributed by atoms with Crippen LogP contribution in [0.1, 0.15) is 49.6 Å². The van der Waals surface area contributed by atoms with Crippen molar-refractivity contribution in [2.45, 2.75) is 45.4 Å². The highest BCUT2D eigenvalue weighted by molar-refractivity contribution is 7.15. The third kappa shape index (κ3) is 3.53. The van der Waals surface area contributed by atoms with E-state index >= 15 is 0 Å². The molecule has 8 nitrogen and oxygen atoms in total. The van der Waals surface area contributed by atoms with Crippen molar-refractivity contribution in [3.63, 3.8) is 0 Å². The van der Waals surface area contributed by atoms with Crippen LogP contribution in [0.2, 0.25) is 0 Å². The van der Waals surface area contributed by atoms with Crippen LogP contribution in [0.25, 0.3) is 0 Å². The highest BCUT2D eigenvalue weighted by Gasteiger charge is 2.42. The molecule has 2 atom stereocenters. The fourth-order valence-electron chi connectivity index (χ4n) is 3.42. The molecule has 1 aliphatic heterocycles. The molecule has 1 aliphatic carbocycles. The van der Waals surface area contributed by atoms with E-state index in [1.54, 1.807) is 13.8 Å². The quantitative estimate of drug-likeness (QED) is 0.776. The maximum atomic E-state index is 12.5. The summed E-state index contributed by atoms with van der Waals surface area (Å²) in [7, 11) is 0. The number of thiazole rings is 1. The van der Waals surface area contributed by atoms with Gasteiger partial charge in [0, 0.05) is 18.0 Å². The molecule has 0 radical (unpaired) electrons. The SMILES string of the molecule is CCOC(=O)C1CCCc2sc(NC(=O)N3CCC(C)(C(=O)O)C3)nc21. The Morgan fingerprint density at radius 2 is 2.23 bits per heavy atom. The van der Waals surface area contributed by atoms with Gasteiger partial charge in [-0.15, -0.1) is 11.3 Å². The van der Waals surface area contributed by atoms with E-state index in [2.05, 4.69) is 10.3 Å². The zero-order valence-electron chi connectivity index (χ0n) is 14.9. The highest BCUT2D eigenvalue weighted by atomic mass is 32.1. The molecule has 1 saturated heterocycles. The second kappa shape index (κ2) is 7.22. The second-order valence-corrected chi connectivity index (χ2v) is 8.08. The Morgan fingerprint density at radius 3 is 2.88 bits per heavy atom. The number of nitrogens with zero attached hydrogens (tertiary/aromatic N) is 2. The molecule has 2 aliphatic rings. The third-order valence-corrected chi connectivity index (χ3v) is 6.06. The largest absolute Gasteiger partial charge is 0.481 e. The van der Waals surface area contributed by atoms with Gasteiger partial charge in [0.15, 0.2) is 5.13 Å². The average molecular weight is 381 g/mol. The molecule has 0 aromatic carbocycles. The molecule has 2 heterocycles. The molecule has 2 N–H and O–H groups in total. The zero-order chi connectivity index (χ0) is 18.9. The minimum atomic E-state index is -0.908. The molecule has 0 bridgehead atoms. The first-order valence-electron chi connectivity index (χ1n) is 8.79. The molecule has 0 saturated carbocycles. The third-order valence-electron chi connectivity index (χ3n) is 5.02. The molecule has 142 valence electrons. The first-order valence-corrected chi connectivity index (χ1v) is 9.61. The van der Waals surface area contributed by atoms with Gasteiger partial charge in [0.2, 0.25) is 0 Å². The number of anilines is 1. The summed E-state index contributed by atoms with van der Waals surface area (Å²) in [5.74, 6) is -1.54. The van der Waals surface area contributed by atoms with Crippen molar-refractivity contribution in [1.82, 2.24) is 9.88 Å². The lowest BCUT2D eigenvalue weighted by atomic mass is 9.90. The number of aryl methyl sites for hydroxylation is 1. The standard InChI is InChI=1S/C17H23N3O5S/c1-3-25-13(21)10-5-4-6-11-12(10)18-15(26-11)19-16(24)20-8-7-17(2,9-20)14(22)23/h10H,3-9H2,1-2H3,(H,22,23)(H,18,19,24). The van der Waals surface area contributed by atoms with Crippen LogP contribution < -0.4 is 5.32 Å². The molecule has 0 spiro atoms. The van der Waals surface area contributed by atoms with E-state index in [1.165, 1.54) is 16.2 Å². The van der Waals surface area contributed by atoms with E-state index in [1.807, 2.05) is 0 Å². The number of likely N-dealkylation sites (tertiary alicyclic amines) is 1. The van der Waals surface area contributed by atoms with Gasteiger partial charge < -0.3 is 14.7 Å². The van der Waals surface area contributed by atoms with Gasteiger partial charge in [-0.3, -0.25) is 14.9 Å². The highest BCUT2D eigenvalue weighted by Crippen LogP contribution is 2.38. The number of amides is 2. The minimum Gasteiger partial charge on any atom is -0.481 e. The van der Waals surface area contributed by atoms with Crippen molar-refractivity contribution in [2.75, 3.05) is 25.0 Å². The second-order valence-electron chi connectivity index (χ2n) is 6.99. The van der Waals surface area contributed by atoms with Crippen LogP contribution in [-0.4, -0.2) is 52.7 Å². The molecular weight excluding hydrogens is 358 g/mol. The van der Waals surface area contributed by atoms with Gasteiger partial charge in [-0.1, -0.05) is 0 Å². The minimum absolute atomic E-state index is 0.171. The Morgan fingerprint density at radius 1 is 1.46 bits per heavy atom. The Kier molecular flexibility index (Phi) is 5.17. The number of hydrogen-bond acceptors (Lipinski definition) is 6. The van der Waals surface area contributed by atoms with Crippen molar-refractivity contribution >= 4 is 34.4 Å². The molecule has 2 amide bonds. The molecule has 1 aromatic rings. The molecule has 1 fully saturated rings. The number of hydrogen-bond donors (Lipinski definition) is 2. The maximum Gasteiger partial charge on any atom is 0.323 e. The van der Waals surface area contributed by atoms with Crippen LogP contribution in [-0.2, 0) is 20.7 Å². The van der Waals surface area contributed by atoms with Crippen molar-refractivity contribution in [2.24, 2.45) is 5.41 Å². The number of carbonyl (C=O) groups is 3. The van der Waals surface area contributed by atoms with E-state index in [9.17, 15) is 19.5 Å². The number of aromatic nitrogens is 1. The molecule has 26 heavy (non-hydrogen) atoms. The number of ether oxygens (including phenoxy) is 1. The summed E-state index contributed by atoms with van der Waals surface area (Å²) in [6.45, 7) is 4.31. The Balaban J connectivity index is 1.69. The van der Waals surface area contributed by atoms with E-state index in [4.69, 9.17) is 4.74 Å². The van der Waals surface area contributed by atoms with Crippen LogP contribution in [0, 0.1) is 5.41 Å². The van der Waals surface area contributed by atoms with E-state index in [-0.39, 0.29) is 24.5 Å². The summed E-state index contributed by atoms with van der Waals surface area (Å²) in [6, 6.07) is -0.353. The predicted molar refractivity (Wildman–Crippen MR) is 95.4 cm³/mol. The number of carboxylic acids is 1. The molecule has 1 aromatic heterocycles. The molecule has 2 unspecified atom stereocenters. The summed E-state index contributed by atoms with van der Waals surface area (Å²) in [5.41, 5.74) is -0.208. The summed E-state index contributed by atoms with van der Waals surface area (Å²) >= 11 is 1.37. The summed E-state index contributed by atoms with van der Waals surface area (Å²) < 4.78 is 5.13. The average Bonchev–Trinajstić information content (AvgIpc) is 3.18. The zero-order valence-corrected chi connectivity index (χ0v) is 15.7. The van der Waals surface area contributed by atoms with Gasteiger partial charge >= 0.3 is 18.0 Å². The monoisotopic (exact) mass is 381 g/mol. The number of fused-ring (bicyclic) bond motifs is 1. The van der Waals surface area contributed by atoms with Gasteiger partial charge in [-0.2, -0.15) is 0 Å². The van der Waals surface area contributed by atoms with Crippen molar-refractivity contribution in [3.8, 4) is 0 Å². The molecule has 9 heteroatoms. The fourth-order valence-corrected chi connectivity index (χ4v) is 4.48. The Labute approximate surface area is 155 Å². The smallest absolute Gasteiger partial charge is 0.323 e. The number of carboxylic acid groups (broad SMARTS) is 1. The topological polar surface area (TPSA) is 109 Å². The first kappa shape index (κ1) is 18.6. The van der Waals surface area contributed by atoms with Gasteiger partial charge in [-0.05, 0) is 39.5 Å².